The average Bonchev–Trinajstić information content (AvgIpc) is 2.63. The lowest BCUT2D eigenvalue weighted by Crippen LogP contribution is -2.47. The summed E-state index contributed by atoms with van der Waals surface area (Å²) in [6.45, 7) is 2.14. The molecule has 2 amide bonds. The third-order valence-corrected chi connectivity index (χ3v) is 4.33. The lowest BCUT2D eigenvalue weighted by Gasteiger charge is -2.33. The minimum atomic E-state index is -0.186. The largest absolute Gasteiger partial charge is 0.370 e. The molecule has 1 aromatic carbocycles. The Hall–Kier alpha value is -2.11. The molecule has 0 spiro atoms. The van der Waals surface area contributed by atoms with Gasteiger partial charge in [0.2, 0.25) is 0 Å². The zero-order chi connectivity index (χ0) is 16.8. The highest BCUT2D eigenvalue weighted by Gasteiger charge is 2.26. The van der Waals surface area contributed by atoms with E-state index in [0.29, 0.717) is 37.7 Å². The van der Waals surface area contributed by atoms with Gasteiger partial charge in [-0.3, -0.25) is 4.98 Å². The van der Waals surface area contributed by atoms with Crippen molar-refractivity contribution < 1.29 is 9.53 Å². The molecule has 5 nitrogen and oxygen atoms in total. The van der Waals surface area contributed by atoms with Crippen LogP contribution in [0.1, 0.15) is 17.4 Å². The molecule has 0 unspecified atom stereocenters. The molecule has 24 heavy (non-hydrogen) atoms. The Kier molecular flexibility index (Phi) is 5.67. The molecule has 1 aliphatic heterocycles. The van der Waals surface area contributed by atoms with E-state index in [1.807, 2.05) is 42.5 Å². The van der Waals surface area contributed by atoms with Gasteiger partial charge in [-0.2, -0.15) is 0 Å². The number of pyridine rings is 1. The monoisotopic (exact) mass is 345 g/mol. The number of hydrogen-bond acceptors (Lipinski definition) is 3. The van der Waals surface area contributed by atoms with Gasteiger partial charge in [0, 0.05) is 42.0 Å². The first-order valence-corrected chi connectivity index (χ1v) is 8.40. The maximum absolute atomic E-state index is 12.4. The van der Waals surface area contributed by atoms with E-state index in [1.54, 1.807) is 11.1 Å². The van der Waals surface area contributed by atoms with Gasteiger partial charge in [-0.15, -0.1) is 0 Å². The number of nitrogens with zero attached hydrogens (tertiary/aromatic N) is 2. The fourth-order valence-corrected chi connectivity index (χ4v) is 2.97. The predicted molar refractivity (Wildman–Crippen MR) is 93.1 cm³/mol. The summed E-state index contributed by atoms with van der Waals surface area (Å²) in [5, 5.41) is 3.61. The van der Waals surface area contributed by atoms with E-state index in [0.717, 1.165) is 11.3 Å². The maximum Gasteiger partial charge on any atom is 0.317 e. The first-order valence-electron chi connectivity index (χ1n) is 8.03. The number of morpholine rings is 1. The Bertz CT molecular complexity index is 681. The molecule has 1 N–H and O–H groups in total. The zero-order valence-corrected chi connectivity index (χ0v) is 14.1. The highest BCUT2D eigenvalue weighted by Crippen LogP contribution is 2.28. The molecule has 2 heterocycles. The van der Waals surface area contributed by atoms with E-state index in [2.05, 4.69) is 10.3 Å². The number of hydrogen-bond donors (Lipinski definition) is 1. The first kappa shape index (κ1) is 16.7. The summed E-state index contributed by atoms with van der Waals surface area (Å²) in [4.78, 5) is 18.4. The second-order valence-electron chi connectivity index (χ2n) is 5.63. The Balaban J connectivity index is 1.52. The highest BCUT2D eigenvalue weighted by atomic mass is 35.5. The second-order valence-corrected chi connectivity index (χ2v) is 6.04. The van der Waals surface area contributed by atoms with Crippen molar-refractivity contribution in [2.45, 2.75) is 12.5 Å². The maximum atomic E-state index is 12.4. The smallest absolute Gasteiger partial charge is 0.317 e. The standard InChI is InChI=1S/C18H20ClN3O2/c19-16-7-2-1-6-15(16)17-13-22(11-12-24-17)18(23)21-10-8-14-5-3-4-9-20-14/h1-7,9,17H,8,10-13H2,(H,21,23)/t17-/m1/s1. The molecule has 1 atom stereocenters. The molecular weight excluding hydrogens is 326 g/mol. The van der Waals surface area contributed by atoms with E-state index in [1.165, 1.54) is 0 Å². The number of nitrogens with one attached hydrogen (secondary N) is 1. The predicted octanol–water partition coefficient (Wildman–Crippen LogP) is 3.06. The van der Waals surface area contributed by atoms with Crippen LogP contribution in [-0.4, -0.2) is 42.2 Å². The molecule has 6 heteroatoms. The van der Waals surface area contributed by atoms with Crippen LogP contribution >= 0.6 is 11.6 Å². The molecule has 3 rings (SSSR count). The molecule has 1 aliphatic rings. The first-order chi connectivity index (χ1) is 11.7. The molecule has 0 saturated carbocycles. The fraction of sp³-hybridized carbons (Fsp3) is 0.333. The lowest BCUT2D eigenvalue weighted by molar-refractivity contribution is -0.0153. The normalized spacial score (nSPS) is 17.5. The summed E-state index contributed by atoms with van der Waals surface area (Å²) >= 11 is 6.23. The van der Waals surface area contributed by atoms with Crippen LogP contribution in [0.3, 0.4) is 0 Å². The Morgan fingerprint density at radius 1 is 1.29 bits per heavy atom. The van der Waals surface area contributed by atoms with Crippen LogP contribution in [0.4, 0.5) is 4.79 Å². The summed E-state index contributed by atoms with van der Waals surface area (Å²) in [5.41, 5.74) is 1.89. The third-order valence-electron chi connectivity index (χ3n) is 3.99. The number of benzene rings is 1. The van der Waals surface area contributed by atoms with Crippen molar-refractivity contribution >= 4 is 17.6 Å². The van der Waals surface area contributed by atoms with Gasteiger partial charge in [-0.25, -0.2) is 4.79 Å². The number of carbonyl (C=O) groups is 1. The highest BCUT2D eigenvalue weighted by molar-refractivity contribution is 6.31. The van der Waals surface area contributed by atoms with Crippen molar-refractivity contribution in [3.63, 3.8) is 0 Å². The lowest BCUT2D eigenvalue weighted by atomic mass is 10.1. The minimum Gasteiger partial charge on any atom is -0.370 e. The van der Waals surface area contributed by atoms with Crippen LogP contribution in [-0.2, 0) is 11.2 Å². The number of urea groups is 1. The molecule has 0 bridgehead atoms. The molecule has 1 saturated heterocycles. The molecule has 2 aromatic rings. The fourth-order valence-electron chi connectivity index (χ4n) is 2.71. The van der Waals surface area contributed by atoms with Crippen molar-refractivity contribution in [1.29, 1.82) is 0 Å². The average molecular weight is 346 g/mol. The van der Waals surface area contributed by atoms with Crippen LogP contribution in [0.15, 0.2) is 48.7 Å². The molecule has 126 valence electrons. The van der Waals surface area contributed by atoms with Gasteiger partial charge in [0.1, 0.15) is 6.10 Å². The van der Waals surface area contributed by atoms with Crippen LogP contribution in [0.5, 0.6) is 0 Å². The van der Waals surface area contributed by atoms with Crippen LogP contribution < -0.4 is 5.32 Å². The molecular formula is C18H20ClN3O2. The van der Waals surface area contributed by atoms with Crippen LogP contribution in [0.2, 0.25) is 5.02 Å². The summed E-state index contributed by atoms with van der Waals surface area (Å²) < 4.78 is 5.78. The van der Waals surface area contributed by atoms with Crippen molar-refractivity contribution in [2.24, 2.45) is 0 Å². The number of rotatable bonds is 4. The molecule has 0 aliphatic carbocycles. The van der Waals surface area contributed by atoms with E-state index in [4.69, 9.17) is 16.3 Å². The van der Waals surface area contributed by atoms with Gasteiger partial charge in [-0.05, 0) is 18.2 Å². The summed E-state index contributed by atoms with van der Waals surface area (Å²) in [7, 11) is 0. The van der Waals surface area contributed by atoms with Gasteiger partial charge in [-0.1, -0.05) is 35.9 Å². The molecule has 1 aromatic heterocycles. The minimum absolute atomic E-state index is 0.0775. The zero-order valence-electron chi connectivity index (χ0n) is 13.3. The number of aromatic nitrogens is 1. The SMILES string of the molecule is O=C(NCCc1ccccn1)N1CCO[C@@H](c2ccccc2Cl)C1. The summed E-state index contributed by atoms with van der Waals surface area (Å²) in [5.74, 6) is 0. The number of ether oxygens (including phenoxy) is 1. The van der Waals surface area contributed by atoms with Gasteiger partial charge < -0.3 is 15.0 Å². The van der Waals surface area contributed by atoms with Gasteiger partial charge in [0.25, 0.3) is 0 Å². The van der Waals surface area contributed by atoms with Crippen LogP contribution in [0, 0.1) is 0 Å². The number of carbonyl (C=O) groups excluding carboxylic acids is 1. The quantitative estimate of drug-likeness (QED) is 0.926. The summed E-state index contributed by atoms with van der Waals surface area (Å²) in [6.07, 6.45) is 2.28. The molecule has 0 radical (unpaired) electrons. The molecule has 1 fully saturated rings. The second kappa shape index (κ2) is 8.13. The Morgan fingerprint density at radius 2 is 2.12 bits per heavy atom. The third kappa shape index (κ3) is 4.24. The van der Waals surface area contributed by atoms with E-state index in [9.17, 15) is 4.79 Å². The van der Waals surface area contributed by atoms with E-state index < -0.39 is 0 Å². The topological polar surface area (TPSA) is 54.5 Å². The van der Waals surface area contributed by atoms with Gasteiger partial charge in [0.15, 0.2) is 0 Å². The van der Waals surface area contributed by atoms with Crippen molar-refractivity contribution in [3.8, 4) is 0 Å². The Morgan fingerprint density at radius 3 is 2.92 bits per heavy atom. The summed E-state index contributed by atoms with van der Waals surface area (Å²) in [6, 6.07) is 13.3. The van der Waals surface area contributed by atoms with Gasteiger partial charge in [0.05, 0.1) is 13.2 Å². The number of amides is 2. The number of halogens is 1. The van der Waals surface area contributed by atoms with Crippen molar-refractivity contribution in [2.75, 3.05) is 26.2 Å². The van der Waals surface area contributed by atoms with Crippen molar-refractivity contribution in [3.05, 3.63) is 64.9 Å². The van der Waals surface area contributed by atoms with Crippen molar-refractivity contribution in [1.82, 2.24) is 15.2 Å². The van der Waals surface area contributed by atoms with E-state index >= 15 is 0 Å². The van der Waals surface area contributed by atoms with E-state index in [-0.39, 0.29) is 12.1 Å². The van der Waals surface area contributed by atoms with Crippen LogP contribution in [0.25, 0.3) is 0 Å². The van der Waals surface area contributed by atoms with Gasteiger partial charge >= 0.3 is 6.03 Å². The Labute approximate surface area is 146 Å².